The third-order valence-electron chi connectivity index (χ3n) is 3.47. The van der Waals surface area contributed by atoms with Crippen molar-refractivity contribution < 1.29 is 9.59 Å². The zero-order valence-electron chi connectivity index (χ0n) is 13.8. The number of aryl methyl sites for hydroxylation is 2. The molecule has 23 heavy (non-hydrogen) atoms. The molecule has 2 N–H and O–H groups in total. The van der Waals surface area contributed by atoms with Crippen molar-refractivity contribution in [3.05, 3.63) is 35.4 Å². The Morgan fingerprint density at radius 1 is 1.26 bits per heavy atom. The van der Waals surface area contributed by atoms with Gasteiger partial charge in [0.1, 0.15) is 0 Å². The molecular formula is C17H21N3O2S. The SMILES string of the molecule is CCNC(=O)NC(=O)[C@H](C)Sc1cc(C)c2cccc(C)c2n1. The van der Waals surface area contributed by atoms with Gasteiger partial charge >= 0.3 is 6.03 Å². The lowest BCUT2D eigenvalue weighted by atomic mass is 10.1. The van der Waals surface area contributed by atoms with Crippen molar-refractivity contribution in [2.24, 2.45) is 0 Å². The van der Waals surface area contributed by atoms with Crippen molar-refractivity contribution in [3.63, 3.8) is 0 Å². The predicted molar refractivity (Wildman–Crippen MR) is 93.8 cm³/mol. The van der Waals surface area contributed by atoms with Crippen LogP contribution in [0.2, 0.25) is 0 Å². The van der Waals surface area contributed by atoms with E-state index in [1.54, 1.807) is 13.8 Å². The Morgan fingerprint density at radius 3 is 2.70 bits per heavy atom. The highest BCUT2D eigenvalue weighted by molar-refractivity contribution is 8.00. The summed E-state index contributed by atoms with van der Waals surface area (Å²) in [5.74, 6) is -0.328. The van der Waals surface area contributed by atoms with Crippen LogP contribution in [0.4, 0.5) is 4.79 Å². The van der Waals surface area contributed by atoms with Crippen LogP contribution in [0.3, 0.4) is 0 Å². The molecule has 5 nitrogen and oxygen atoms in total. The number of benzene rings is 1. The number of fused-ring (bicyclic) bond motifs is 1. The fourth-order valence-electron chi connectivity index (χ4n) is 2.24. The number of thioether (sulfide) groups is 1. The van der Waals surface area contributed by atoms with Crippen LogP contribution in [0, 0.1) is 13.8 Å². The summed E-state index contributed by atoms with van der Waals surface area (Å²) < 4.78 is 0. The average Bonchev–Trinajstić information content (AvgIpc) is 2.48. The van der Waals surface area contributed by atoms with Crippen LogP contribution in [0.5, 0.6) is 0 Å². The van der Waals surface area contributed by atoms with E-state index in [1.807, 2.05) is 38.1 Å². The molecule has 3 amide bonds. The first-order valence-corrected chi connectivity index (χ1v) is 8.42. The number of imide groups is 1. The summed E-state index contributed by atoms with van der Waals surface area (Å²) in [5.41, 5.74) is 3.18. The van der Waals surface area contributed by atoms with Crippen LogP contribution in [0.25, 0.3) is 10.9 Å². The number of para-hydroxylation sites is 1. The van der Waals surface area contributed by atoms with Crippen LogP contribution < -0.4 is 10.6 Å². The minimum atomic E-state index is -0.469. The minimum Gasteiger partial charge on any atom is -0.338 e. The second kappa shape index (κ2) is 7.46. The molecule has 0 unspecified atom stereocenters. The second-order valence-corrected chi connectivity index (χ2v) is 6.72. The summed E-state index contributed by atoms with van der Waals surface area (Å²) in [5, 5.41) is 6.36. The topological polar surface area (TPSA) is 71.1 Å². The molecule has 1 aromatic carbocycles. The van der Waals surface area contributed by atoms with Gasteiger partial charge in [-0.3, -0.25) is 10.1 Å². The zero-order valence-corrected chi connectivity index (χ0v) is 14.6. The molecule has 1 atom stereocenters. The van der Waals surface area contributed by atoms with Gasteiger partial charge in [-0.15, -0.1) is 0 Å². The Balaban J connectivity index is 2.16. The molecule has 0 radical (unpaired) electrons. The molecule has 0 bridgehead atoms. The van der Waals surface area contributed by atoms with Gasteiger partial charge in [0.05, 0.1) is 15.8 Å². The van der Waals surface area contributed by atoms with Gasteiger partial charge in [0.2, 0.25) is 5.91 Å². The summed E-state index contributed by atoms with van der Waals surface area (Å²) in [6.07, 6.45) is 0. The summed E-state index contributed by atoms with van der Waals surface area (Å²) in [4.78, 5) is 28.1. The molecule has 2 rings (SSSR count). The van der Waals surface area contributed by atoms with Crippen molar-refractivity contribution >= 4 is 34.6 Å². The van der Waals surface area contributed by atoms with Gasteiger partial charge in [-0.2, -0.15) is 0 Å². The number of aromatic nitrogens is 1. The van der Waals surface area contributed by atoms with Gasteiger partial charge in [0, 0.05) is 11.9 Å². The number of hydrogen-bond donors (Lipinski definition) is 2. The lowest BCUT2D eigenvalue weighted by Crippen LogP contribution is -2.42. The molecule has 0 aliphatic carbocycles. The van der Waals surface area contributed by atoms with Crippen LogP contribution in [-0.4, -0.2) is 28.7 Å². The fraction of sp³-hybridized carbons (Fsp3) is 0.353. The third kappa shape index (κ3) is 4.22. The van der Waals surface area contributed by atoms with Crippen molar-refractivity contribution in [2.75, 3.05) is 6.54 Å². The van der Waals surface area contributed by atoms with E-state index >= 15 is 0 Å². The molecule has 122 valence electrons. The van der Waals surface area contributed by atoms with Crippen molar-refractivity contribution in [3.8, 4) is 0 Å². The molecule has 6 heteroatoms. The molecule has 0 saturated carbocycles. The van der Waals surface area contributed by atoms with Gasteiger partial charge in [-0.25, -0.2) is 9.78 Å². The van der Waals surface area contributed by atoms with Gasteiger partial charge in [-0.1, -0.05) is 30.0 Å². The highest BCUT2D eigenvalue weighted by atomic mass is 32.2. The number of amides is 3. The predicted octanol–water partition coefficient (Wildman–Crippen LogP) is 3.18. The van der Waals surface area contributed by atoms with Crippen molar-refractivity contribution in [1.82, 2.24) is 15.6 Å². The summed E-state index contributed by atoms with van der Waals surface area (Å²) in [6, 6.07) is 7.59. The van der Waals surface area contributed by atoms with E-state index in [0.29, 0.717) is 6.54 Å². The summed E-state index contributed by atoms with van der Waals surface area (Å²) >= 11 is 1.35. The van der Waals surface area contributed by atoms with E-state index in [-0.39, 0.29) is 5.91 Å². The largest absolute Gasteiger partial charge is 0.338 e. The lowest BCUT2D eigenvalue weighted by Gasteiger charge is -2.13. The van der Waals surface area contributed by atoms with Crippen LogP contribution in [0.15, 0.2) is 29.3 Å². The van der Waals surface area contributed by atoms with E-state index in [2.05, 4.69) is 15.6 Å². The van der Waals surface area contributed by atoms with E-state index in [1.165, 1.54) is 11.8 Å². The smallest absolute Gasteiger partial charge is 0.321 e. The Hall–Kier alpha value is -2.08. The Labute approximate surface area is 140 Å². The average molecular weight is 331 g/mol. The third-order valence-corrected chi connectivity index (χ3v) is 4.48. The zero-order chi connectivity index (χ0) is 17.0. The first-order chi connectivity index (χ1) is 10.9. The number of pyridine rings is 1. The maximum Gasteiger partial charge on any atom is 0.321 e. The van der Waals surface area contributed by atoms with Crippen molar-refractivity contribution in [2.45, 2.75) is 38.0 Å². The van der Waals surface area contributed by atoms with E-state index in [9.17, 15) is 9.59 Å². The Bertz CT molecular complexity index is 746. The number of rotatable bonds is 4. The second-order valence-electron chi connectivity index (χ2n) is 5.36. The maximum absolute atomic E-state index is 12.0. The number of nitrogens with zero attached hydrogens (tertiary/aromatic N) is 1. The molecule has 1 heterocycles. The van der Waals surface area contributed by atoms with Gasteiger partial charge in [0.25, 0.3) is 0 Å². The minimum absolute atomic E-state index is 0.328. The van der Waals surface area contributed by atoms with E-state index in [0.717, 1.165) is 27.1 Å². The van der Waals surface area contributed by atoms with Crippen molar-refractivity contribution in [1.29, 1.82) is 0 Å². The quantitative estimate of drug-likeness (QED) is 0.844. The number of nitrogens with one attached hydrogen (secondary N) is 2. The molecule has 0 spiro atoms. The normalized spacial score (nSPS) is 12.0. The van der Waals surface area contributed by atoms with Gasteiger partial charge < -0.3 is 5.32 Å². The molecular weight excluding hydrogens is 310 g/mol. The van der Waals surface area contributed by atoms with Gasteiger partial charge in [-0.05, 0) is 44.9 Å². The Kier molecular flexibility index (Phi) is 5.60. The summed E-state index contributed by atoms with van der Waals surface area (Å²) in [6.45, 7) is 8.09. The van der Waals surface area contributed by atoms with Crippen LogP contribution >= 0.6 is 11.8 Å². The number of hydrogen-bond acceptors (Lipinski definition) is 4. The molecule has 0 aliphatic rings. The summed E-state index contributed by atoms with van der Waals surface area (Å²) in [7, 11) is 0. The highest BCUT2D eigenvalue weighted by Gasteiger charge is 2.18. The molecule has 1 aromatic heterocycles. The van der Waals surface area contributed by atoms with Crippen LogP contribution in [-0.2, 0) is 4.79 Å². The van der Waals surface area contributed by atoms with E-state index in [4.69, 9.17) is 0 Å². The van der Waals surface area contributed by atoms with E-state index < -0.39 is 11.3 Å². The molecule has 0 fully saturated rings. The first-order valence-electron chi connectivity index (χ1n) is 7.54. The first kappa shape index (κ1) is 17.3. The van der Waals surface area contributed by atoms with Gasteiger partial charge in [0.15, 0.2) is 0 Å². The maximum atomic E-state index is 12.0. The lowest BCUT2D eigenvalue weighted by molar-refractivity contribution is -0.119. The molecule has 0 aliphatic heterocycles. The number of urea groups is 1. The molecule has 2 aromatic rings. The standard InChI is InChI=1S/C17H21N3O2S/c1-5-18-17(22)20-16(21)12(4)23-14-9-11(3)13-8-6-7-10(2)15(13)19-14/h6-9,12H,5H2,1-4H3,(H2,18,20,21,22)/t12-/m0/s1. The number of carbonyl (C=O) groups excluding carboxylic acids is 2. The number of carbonyl (C=O) groups is 2. The Morgan fingerprint density at radius 2 is 2.00 bits per heavy atom. The van der Waals surface area contributed by atoms with Crippen LogP contribution in [0.1, 0.15) is 25.0 Å². The molecule has 0 saturated heterocycles. The fourth-order valence-corrected chi connectivity index (χ4v) is 3.16. The monoisotopic (exact) mass is 331 g/mol. The highest BCUT2D eigenvalue weighted by Crippen LogP contribution is 2.28.